The van der Waals surface area contributed by atoms with Crippen LogP contribution in [0.15, 0.2) is 22.5 Å². The number of nitrogens with zero attached hydrogens (tertiary/aromatic N) is 3. The predicted octanol–water partition coefficient (Wildman–Crippen LogP) is 3.44. The number of hydrogen-bond acceptors (Lipinski definition) is 8. The van der Waals surface area contributed by atoms with Gasteiger partial charge in [0.05, 0.1) is 26.0 Å². The first-order valence-corrected chi connectivity index (χ1v) is 10.7. The molecule has 1 fully saturated rings. The van der Waals surface area contributed by atoms with Gasteiger partial charge in [-0.05, 0) is 38.0 Å². The lowest BCUT2D eigenvalue weighted by Gasteiger charge is -2.26. The minimum atomic E-state index is 0.00916. The average molecular weight is 409 g/mol. The molecule has 0 unspecified atom stereocenters. The number of likely N-dealkylation sites (tertiary alicyclic amines) is 1. The lowest BCUT2D eigenvalue weighted by Crippen LogP contribution is -2.32. The first kappa shape index (κ1) is 19.8. The highest BCUT2D eigenvalue weighted by Gasteiger charge is 2.32. The summed E-state index contributed by atoms with van der Waals surface area (Å²) in [4.78, 5) is 14.8. The second-order valence-electron chi connectivity index (χ2n) is 6.05. The van der Waals surface area contributed by atoms with Crippen molar-refractivity contribution in [2.45, 2.75) is 30.1 Å². The molecule has 0 aliphatic carbocycles. The number of methoxy groups -OCH3 is 2. The number of hydrogen-bond donors (Lipinski definition) is 1. The Labute approximate surface area is 167 Å². The van der Waals surface area contributed by atoms with Crippen molar-refractivity contribution in [3.63, 3.8) is 0 Å². The molecule has 1 atom stereocenters. The SMILES string of the molecule is CCNc1nnc(SCC(=O)N2CCC[C@@H]2c2cc(OC)ccc2OC)s1. The van der Waals surface area contributed by atoms with Gasteiger partial charge in [0.1, 0.15) is 11.5 Å². The molecule has 1 aliphatic heterocycles. The number of anilines is 1. The maximum Gasteiger partial charge on any atom is 0.233 e. The van der Waals surface area contributed by atoms with E-state index in [-0.39, 0.29) is 11.9 Å². The third kappa shape index (κ3) is 4.65. The average Bonchev–Trinajstić information content (AvgIpc) is 3.35. The number of aromatic nitrogens is 2. The van der Waals surface area contributed by atoms with E-state index in [1.54, 1.807) is 14.2 Å². The van der Waals surface area contributed by atoms with Crippen LogP contribution in [0.5, 0.6) is 11.5 Å². The van der Waals surface area contributed by atoms with Crippen LogP contribution < -0.4 is 14.8 Å². The summed E-state index contributed by atoms with van der Waals surface area (Å²) >= 11 is 2.91. The Bertz CT molecular complexity index is 784. The number of thioether (sulfide) groups is 1. The summed E-state index contributed by atoms with van der Waals surface area (Å²) < 4.78 is 11.7. The molecule has 146 valence electrons. The topological polar surface area (TPSA) is 76.6 Å². The standard InChI is InChI=1S/C18H24N4O3S2/c1-4-19-17-20-21-18(27-17)26-11-16(23)22-9-5-6-14(22)13-10-12(24-2)7-8-15(13)25-3/h7-8,10,14H,4-6,9,11H2,1-3H3,(H,19,20)/t14-/m1/s1. The monoisotopic (exact) mass is 408 g/mol. The normalized spacial score (nSPS) is 16.4. The summed E-state index contributed by atoms with van der Waals surface area (Å²) in [5.74, 6) is 2.01. The molecule has 1 aromatic heterocycles. The zero-order valence-corrected chi connectivity index (χ0v) is 17.4. The molecule has 0 bridgehead atoms. The van der Waals surface area contributed by atoms with Gasteiger partial charge in [0.25, 0.3) is 0 Å². The first-order valence-electron chi connectivity index (χ1n) is 8.87. The Kier molecular flexibility index (Phi) is 6.78. The fourth-order valence-corrected chi connectivity index (χ4v) is 4.89. The molecule has 0 spiro atoms. The summed E-state index contributed by atoms with van der Waals surface area (Å²) in [5.41, 5.74) is 0.998. The summed E-state index contributed by atoms with van der Waals surface area (Å²) in [6.45, 7) is 3.57. The highest BCUT2D eigenvalue weighted by atomic mass is 32.2. The second-order valence-corrected chi connectivity index (χ2v) is 8.25. The molecular formula is C18H24N4O3S2. The van der Waals surface area contributed by atoms with Gasteiger partial charge in [-0.15, -0.1) is 10.2 Å². The molecule has 1 aromatic carbocycles. The number of carbonyl (C=O) groups is 1. The van der Waals surface area contributed by atoms with Gasteiger partial charge in [0, 0.05) is 18.7 Å². The van der Waals surface area contributed by atoms with Crippen LogP contribution >= 0.6 is 23.1 Å². The predicted molar refractivity (Wildman–Crippen MR) is 108 cm³/mol. The molecule has 0 radical (unpaired) electrons. The van der Waals surface area contributed by atoms with E-state index in [1.165, 1.54) is 23.1 Å². The van der Waals surface area contributed by atoms with Crippen molar-refractivity contribution in [3.05, 3.63) is 23.8 Å². The smallest absolute Gasteiger partial charge is 0.233 e. The number of amides is 1. The van der Waals surface area contributed by atoms with Gasteiger partial charge in [0.2, 0.25) is 11.0 Å². The first-order chi connectivity index (χ1) is 13.2. The van der Waals surface area contributed by atoms with Crippen LogP contribution in [0.3, 0.4) is 0 Å². The molecule has 27 heavy (non-hydrogen) atoms. The fourth-order valence-electron chi connectivity index (χ4n) is 3.19. The van der Waals surface area contributed by atoms with Crippen LogP contribution in [0.1, 0.15) is 31.4 Å². The number of carbonyl (C=O) groups excluding carboxylic acids is 1. The second kappa shape index (κ2) is 9.27. The number of nitrogens with one attached hydrogen (secondary N) is 1. The summed E-state index contributed by atoms with van der Waals surface area (Å²) in [5, 5.41) is 12.1. The quantitative estimate of drug-likeness (QED) is 0.671. The molecule has 2 heterocycles. The number of ether oxygens (including phenoxy) is 2. The zero-order chi connectivity index (χ0) is 19.2. The van der Waals surface area contributed by atoms with Crippen molar-refractivity contribution in [2.24, 2.45) is 0 Å². The van der Waals surface area contributed by atoms with Crippen LogP contribution in [-0.4, -0.2) is 54.1 Å². The van der Waals surface area contributed by atoms with Gasteiger partial charge in [-0.1, -0.05) is 23.1 Å². The van der Waals surface area contributed by atoms with E-state index >= 15 is 0 Å². The van der Waals surface area contributed by atoms with Gasteiger partial charge in [-0.2, -0.15) is 0 Å². The fraction of sp³-hybridized carbons (Fsp3) is 0.500. The van der Waals surface area contributed by atoms with Crippen LogP contribution in [0.4, 0.5) is 5.13 Å². The molecular weight excluding hydrogens is 384 g/mol. The Morgan fingerprint density at radius 3 is 2.96 bits per heavy atom. The minimum Gasteiger partial charge on any atom is -0.497 e. The molecule has 3 rings (SSSR count). The third-order valence-electron chi connectivity index (χ3n) is 4.42. The van der Waals surface area contributed by atoms with Crippen LogP contribution in [0, 0.1) is 0 Å². The van der Waals surface area contributed by atoms with Crippen molar-refractivity contribution >= 4 is 34.1 Å². The van der Waals surface area contributed by atoms with Crippen molar-refractivity contribution in [3.8, 4) is 11.5 Å². The lowest BCUT2D eigenvalue weighted by molar-refractivity contribution is -0.129. The zero-order valence-electron chi connectivity index (χ0n) is 15.7. The van der Waals surface area contributed by atoms with Crippen molar-refractivity contribution in [1.29, 1.82) is 0 Å². The van der Waals surface area contributed by atoms with Crippen LogP contribution in [-0.2, 0) is 4.79 Å². The Morgan fingerprint density at radius 2 is 2.22 bits per heavy atom. The Morgan fingerprint density at radius 1 is 1.37 bits per heavy atom. The lowest BCUT2D eigenvalue weighted by atomic mass is 10.0. The highest BCUT2D eigenvalue weighted by Crippen LogP contribution is 2.39. The van der Waals surface area contributed by atoms with Crippen molar-refractivity contribution < 1.29 is 14.3 Å². The van der Waals surface area contributed by atoms with Crippen molar-refractivity contribution in [2.75, 3.05) is 38.4 Å². The third-order valence-corrected chi connectivity index (χ3v) is 6.42. The van der Waals surface area contributed by atoms with E-state index < -0.39 is 0 Å². The van der Waals surface area contributed by atoms with Gasteiger partial charge in [-0.25, -0.2) is 0 Å². The summed E-state index contributed by atoms with van der Waals surface area (Å²) in [6, 6.07) is 5.75. The molecule has 1 N–H and O–H groups in total. The van der Waals surface area contributed by atoms with E-state index in [9.17, 15) is 4.79 Å². The maximum absolute atomic E-state index is 12.9. The van der Waals surface area contributed by atoms with Gasteiger partial charge < -0.3 is 19.7 Å². The van der Waals surface area contributed by atoms with Crippen LogP contribution in [0.2, 0.25) is 0 Å². The maximum atomic E-state index is 12.9. The van der Waals surface area contributed by atoms with E-state index in [0.29, 0.717) is 5.75 Å². The highest BCUT2D eigenvalue weighted by molar-refractivity contribution is 8.01. The van der Waals surface area contributed by atoms with Gasteiger partial charge in [0.15, 0.2) is 4.34 Å². The van der Waals surface area contributed by atoms with E-state index in [0.717, 1.165) is 52.5 Å². The van der Waals surface area contributed by atoms with Gasteiger partial charge >= 0.3 is 0 Å². The Balaban J connectivity index is 1.69. The molecule has 1 saturated heterocycles. The molecule has 9 heteroatoms. The van der Waals surface area contributed by atoms with Crippen LogP contribution in [0.25, 0.3) is 0 Å². The largest absolute Gasteiger partial charge is 0.497 e. The molecule has 2 aromatic rings. The van der Waals surface area contributed by atoms with Crippen molar-refractivity contribution in [1.82, 2.24) is 15.1 Å². The molecule has 7 nitrogen and oxygen atoms in total. The molecule has 1 amide bonds. The van der Waals surface area contributed by atoms with E-state index in [4.69, 9.17) is 9.47 Å². The van der Waals surface area contributed by atoms with E-state index in [1.807, 2.05) is 30.0 Å². The Hall–Kier alpha value is -2.00. The van der Waals surface area contributed by atoms with E-state index in [2.05, 4.69) is 15.5 Å². The molecule has 1 aliphatic rings. The summed E-state index contributed by atoms with van der Waals surface area (Å²) in [6.07, 6.45) is 1.90. The minimum absolute atomic E-state index is 0.00916. The van der Waals surface area contributed by atoms with Gasteiger partial charge in [-0.3, -0.25) is 4.79 Å². The molecule has 0 saturated carbocycles. The number of benzene rings is 1. The number of rotatable bonds is 8. The summed E-state index contributed by atoms with van der Waals surface area (Å²) in [7, 11) is 3.29.